The predicted octanol–water partition coefficient (Wildman–Crippen LogP) is 3.06. The van der Waals surface area contributed by atoms with E-state index in [2.05, 4.69) is 10.6 Å². The third-order valence-corrected chi connectivity index (χ3v) is 3.14. The zero-order valence-electron chi connectivity index (χ0n) is 13.7. The van der Waals surface area contributed by atoms with Gasteiger partial charge in [-0.2, -0.15) is 0 Å². The number of hydrogen-bond acceptors (Lipinski definition) is 4. The molecule has 0 unspecified atom stereocenters. The van der Waals surface area contributed by atoms with E-state index in [9.17, 15) is 9.59 Å². The number of rotatable bonds is 7. The summed E-state index contributed by atoms with van der Waals surface area (Å²) in [5, 5.41) is 5.44. The lowest BCUT2D eigenvalue weighted by Gasteiger charge is -2.10. The molecule has 0 saturated heterocycles. The second-order valence-electron chi connectivity index (χ2n) is 5.06. The summed E-state index contributed by atoms with van der Waals surface area (Å²) in [6.07, 6.45) is 0.214. The molecule has 0 aliphatic carbocycles. The Morgan fingerprint density at radius 1 is 0.917 bits per heavy atom. The average Bonchev–Trinajstić information content (AvgIpc) is 2.56. The molecule has 6 heteroatoms. The molecule has 2 N–H and O–H groups in total. The molecule has 0 fully saturated rings. The van der Waals surface area contributed by atoms with Crippen LogP contribution < -0.4 is 20.1 Å². The van der Waals surface area contributed by atoms with Gasteiger partial charge in [-0.15, -0.1) is 0 Å². The highest BCUT2D eigenvalue weighted by Gasteiger charge is 2.06. The Balaban J connectivity index is 1.80. The van der Waals surface area contributed by atoms with E-state index in [0.717, 1.165) is 0 Å². The maximum absolute atomic E-state index is 11.9. The van der Waals surface area contributed by atoms with Gasteiger partial charge < -0.3 is 20.1 Å². The van der Waals surface area contributed by atoms with Crippen LogP contribution >= 0.6 is 0 Å². The Kier molecular flexibility index (Phi) is 6.19. The molecule has 2 amide bonds. The maximum atomic E-state index is 11.9. The molecule has 126 valence electrons. The molecule has 0 saturated carbocycles. The number of carbonyl (C=O) groups excluding carboxylic acids is 2. The van der Waals surface area contributed by atoms with Gasteiger partial charge >= 0.3 is 0 Å². The van der Waals surface area contributed by atoms with Gasteiger partial charge in [-0.3, -0.25) is 9.59 Å². The quantitative estimate of drug-likeness (QED) is 0.819. The minimum absolute atomic E-state index is 0.139. The third-order valence-electron chi connectivity index (χ3n) is 3.14. The van der Waals surface area contributed by atoms with Crippen LogP contribution in [-0.2, 0) is 9.59 Å². The first-order valence-corrected chi connectivity index (χ1v) is 7.52. The van der Waals surface area contributed by atoms with Gasteiger partial charge in [0.2, 0.25) is 11.8 Å². The van der Waals surface area contributed by atoms with Gasteiger partial charge in [0.15, 0.2) is 11.5 Å². The maximum Gasteiger partial charge on any atom is 0.227 e. The van der Waals surface area contributed by atoms with E-state index in [-0.39, 0.29) is 24.8 Å². The molecule has 24 heavy (non-hydrogen) atoms. The van der Waals surface area contributed by atoms with Crippen molar-refractivity contribution in [2.24, 2.45) is 0 Å². The van der Waals surface area contributed by atoms with Crippen LogP contribution in [0.2, 0.25) is 0 Å². The Morgan fingerprint density at radius 2 is 1.50 bits per heavy atom. The molecule has 0 aliphatic rings. The van der Waals surface area contributed by atoms with Crippen LogP contribution in [0.3, 0.4) is 0 Å². The van der Waals surface area contributed by atoms with Crippen molar-refractivity contribution in [2.45, 2.75) is 13.3 Å². The van der Waals surface area contributed by atoms with E-state index >= 15 is 0 Å². The second-order valence-corrected chi connectivity index (χ2v) is 5.06. The fourth-order valence-electron chi connectivity index (χ4n) is 2.06. The van der Waals surface area contributed by atoms with Crippen LogP contribution in [0.1, 0.15) is 13.3 Å². The number of methoxy groups -OCH3 is 1. The molecule has 0 radical (unpaired) electrons. The molecule has 0 bridgehead atoms. The summed E-state index contributed by atoms with van der Waals surface area (Å²) in [5.41, 5.74) is 1.34. The van der Waals surface area contributed by atoms with Crippen molar-refractivity contribution < 1.29 is 19.1 Å². The van der Waals surface area contributed by atoms with Crippen LogP contribution in [0.5, 0.6) is 11.5 Å². The second kappa shape index (κ2) is 8.57. The fourth-order valence-corrected chi connectivity index (χ4v) is 2.06. The number of para-hydroxylation sites is 2. The SMILES string of the molecule is COc1ccccc1OCCC(=O)Nc1ccc(NC(C)=O)cc1. The Hall–Kier alpha value is -3.02. The molecule has 2 aromatic carbocycles. The first kappa shape index (κ1) is 17.3. The first-order chi connectivity index (χ1) is 11.6. The van der Waals surface area contributed by atoms with Crippen LogP contribution in [-0.4, -0.2) is 25.5 Å². The number of ether oxygens (including phenoxy) is 2. The highest BCUT2D eigenvalue weighted by Crippen LogP contribution is 2.25. The van der Waals surface area contributed by atoms with Gasteiger partial charge in [-0.1, -0.05) is 12.1 Å². The number of amides is 2. The largest absolute Gasteiger partial charge is 0.493 e. The number of anilines is 2. The van der Waals surface area contributed by atoms with Crippen LogP contribution in [0.25, 0.3) is 0 Å². The topological polar surface area (TPSA) is 76.7 Å². The van der Waals surface area contributed by atoms with Crippen molar-refractivity contribution in [3.05, 3.63) is 48.5 Å². The molecular formula is C18H20N2O4. The number of carbonyl (C=O) groups is 2. The summed E-state index contributed by atoms with van der Waals surface area (Å²) in [7, 11) is 1.57. The highest BCUT2D eigenvalue weighted by atomic mass is 16.5. The van der Waals surface area contributed by atoms with Gasteiger partial charge in [-0.25, -0.2) is 0 Å². The molecule has 2 aromatic rings. The van der Waals surface area contributed by atoms with Crippen molar-refractivity contribution in [1.29, 1.82) is 0 Å². The Bertz CT molecular complexity index is 698. The lowest BCUT2D eigenvalue weighted by atomic mass is 10.2. The van der Waals surface area contributed by atoms with Gasteiger partial charge in [0.25, 0.3) is 0 Å². The van der Waals surface area contributed by atoms with Crippen LogP contribution in [0, 0.1) is 0 Å². The van der Waals surface area contributed by atoms with Crippen molar-refractivity contribution in [3.63, 3.8) is 0 Å². The van der Waals surface area contributed by atoms with E-state index in [4.69, 9.17) is 9.47 Å². The average molecular weight is 328 g/mol. The lowest BCUT2D eigenvalue weighted by Crippen LogP contribution is -2.15. The van der Waals surface area contributed by atoms with Crippen LogP contribution in [0.4, 0.5) is 11.4 Å². The predicted molar refractivity (Wildman–Crippen MR) is 92.5 cm³/mol. The third kappa shape index (κ3) is 5.31. The first-order valence-electron chi connectivity index (χ1n) is 7.52. The Labute approximate surface area is 140 Å². The van der Waals surface area contributed by atoms with Crippen LogP contribution in [0.15, 0.2) is 48.5 Å². The van der Waals surface area contributed by atoms with Crippen molar-refractivity contribution in [3.8, 4) is 11.5 Å². The zero-order valence-corrected chi connectivity index (χ0v) is 13.7. The molecule has 0 atom stereocenters. The molecular weight excluding hydrogens is 308 g/mol. The van der Waals surface area contributed by atoms with Crippen molar-refractivity contribution in [2.75, 3.05) is 24.4 Å². The monoisotopic (exact) mass is 328 g/mol. The normalized spacial score (nSPS) is 9.92. The number of benzene rings is 2. The summed E-state index contributed by atoms with van der Waals surface area (Å²) >= 11 is 0. The standard InChI is InChI=1S/C18H20N2O4/c1-13(21)19-14-7-9-15(10-8-14)20-18(22)11-12-24-17-6-4-3-5-16(17)23-2/h3-10H,11-12H2,1-2H3,(H,19,21)(H,20,22). The molecule has 6 nitrogen and oxygen atoms in total. The fraction of sp³-hybridized carbons (Fsp3) is 0.222. The van der Waals surface area contributed by atoms with Gasteiger partial charge in [0, 0.05) is 18.3 Å². The van der Waals surface area contributed by atoms with Gasteiger partial charge in [0.1, 0.15) is 0 Å². The summed E-state index contributed by atoms with van der Waals surface area (Å²) in [6.45, 7) is 1.69. The summed E-state index contributed by atoms with van der Waals surface area (Å²) in [6, 6.07) is 14.2. The van der Waals surface area contributed by atoms with E-state index in [1.165, 1.54) is 6.92 Å². The molecule has 0 aromatic heterocycles. The summed E-state index contributed by atoms with van der Waals surface area (Å²) < 4.78 is 10.7. The minimum Gasteiger partial charge on any atom is -0.493 e. The summed E-state index contributed by atoms with van der Waals surface area (Å²) in [4.78, 5) is 22.9. The molecule has 0 spiro atoms. The van der Waals surface area contributed by atoms with E-state index < -0.39 is 0 Å². The molecule has 0 aliphatic heterocycles. The van der Waals surface area contributed by atoms with E-state index in [1.54, 1.807) is 43.5 Å². The summed E-state index contributed by atoms with van der Waals surface area (Å²) in [5.74, 6) is 0.941. The van der Waals surface area contributed by atoms with Crippen molar-refractivity contribution in [1.82, 2.24) is 0 Å². The van der Waals surface area contributed by atoms with E-state index in [0.29, 0.717) is 22.9 Å². The van der Waals surface area contributed by atoms with Gasteiger partial charge in [0.05, 0.1) is 20.1 Å². The lowest BCUT2D eigenvalue weighted by molar-refractivity contribution is -0.116. The zero-order chi connectivity index (χ0) is 17.4. The Morgan fingerprint density at radius 3 is 2.08 bits per heavy atom. The molecule has 2 rings (SSSR count). The number of hydrogen-bond donors (Lipinski definition) is 2. The van der Waals surface area contributed by atoms with Crippen molar-refractivity contribution >= 4 is 23.2 Å². The molecule has 0 heterocycles. The minimum atomic E-state index is -0.155. The number of nitrogens with one attached hydrogen (secondary N) is 2. The highest BCUT2D eigenvalue weighted by molar-refractivity contribution is 5.92. The van der Waals surface area contributed by atoms with Gasteiger partial charge in [-0.05, 0) is 36.4 Å². The van der Waals surface area contributed by atoms with E-state index in [1.807, 2.05) is 12.1 Å². The smallest absolute Gasteiger partial charge is 0.227 e.